The maximum Gasteiger partial charge on any atom is 0.244 e. The van der Waals surface area contributed by atoms with Crippen LogP contribution in [0, 0.1) is 6.92 Å². The SMILES string of the molecule is CCCCn1nc(C)c(/C=C/C(=O)NC2(C(N)=O)CCCCC2)c1Cl. The zero-order valence-electron chi connectivity index (χ0n) is 15.0. The summed E-state index contributed by atoms with van der Waals surface area (Å²) in [7, 11) is 0. The number of halogens is 1. The maximum absolute atomic E-state index is 12.3. The molecule has 1 saturated carbocycles. The molecule has 1 aromatic heterocycles. The number of amides is 2. The minimum atomic E-state index is -0.927. The Kier molecular flexibility index (Phi) is 6.64. The normalized spacial score (nSPS) is 16.9. The van der Waals surface area contributed by atoms with Gasteiger partial charge in [-0.3, -0.25) is 14.3 Å². The zero-order chi connectivity index (χ0) is 18.4. The predicted octanol–water partition coefficient (Wildman–Crippen LogP) is 2.96. The number of hydrogen-bond acceptors (Lipinski definition) is 3. The van der Waals surface area contributed by atoms with Crippen molar-refractivity contribution in [3.05, 3.63) is 22.5 Å². The van der Waals surface area contributed by atoms with E-state index in [1.54, 1.807) is 10.8 Å². The van der Waals surface area contributed by atoms with Crippen LogP contribution in [0.3, 0.4) is 0 Å². The highest BCUT2D eigenvalue weighted by Crippen LogP contribution is 2.28. The van der Waals surface area contributed by atoms with E-state index in [1.807, 2.05) is 6.92 Å². The number of hydrogen-bond donors (Lipinski definition) is 2. The van der Waals surface area contributed by atoms with Crippen LogP contribution in [0.2, 0.25) is 5.15 Å². The number of nitrogens with one attached hydrogen (secondary N) is 1. The molecule has 0 radical (unpaired) electrons. The lowest BCUT2D eigenvalue weighted by atomic mass is 9.81. The van der Waals surface area contributed by atoms with Gasteiger partial charge in [0.25, 0.3) is 0 Å². The largest absolute Gasteiger partial charge is 0.368 e. The molecule has 0 saturated heterocycles. The van der Waals surface area contributed by atoms with E-state index in [1.165, 1.54) is 6.08 Å². The van der Waals surface area contributed by atoms with Gasteiger partial charge in [-0.15, -0.1) is 0 Å². The number of aromatic nitrogens is 2. The monoisotopic (exact) mass is 366 g/mol. The van der Waals surface area contributed by atoms with E-state index in [-0.39, 0.29) is 5.91 Å². The van der Waals surface area contributed by atoms with Gasteiger partial charge >= 0.3 is 0 Å². The molecule has 2 amide bonds. The van der Waals surface area contributed by atoms with Crippen LogP contribution in [-0.2, 0) is 16.1 Å². The Morgan fingerprint density at radius 1 is 1.36 bits per heavy atom. The van der Waals surface area contributed by atoms with E-state index in [9.17, 15) is 9.59 Å². The molecule has 1 aromatic rings. The summed E-state index contributed by atoms with van der Waals surface area (Å²) in [5.41, 5.74) is 6.11. The number of aryl methyl sites for hydroxylation is 2. The molecule has 3 N–H and O–H groups in total. The van der Waals surface area contributed by atoms with Gasteiger partial charge in [-0.25, -0.2) is 0 Å². The third-order valence-electron chi connectivity index (χ3n) is 4.78. The van der Waals surface area contributed by atoms with E-state index >= 15 is 0 Å². The molecule has 7 heteroatoms. The Morgan fingerprint density at radius 3 is 2.64 bits per heavy atom. The summed E-state index contributed by atoms with van der Waals surface area (Å²) in [6.45, 7) is 4.72. The highest BCUT2D eigenvalue weighted by molar-refractivity contribution is 6.31. The van der Waals surface area contributed by atoms with Gasteiger partial charge in [0, 0.05) is 18.2 Å². The summed E-state index contributed by atoms with van der Waals surface area (Å²) in [5.74, 6) is -0.798. The van der Waals surface area contributed by atoms with Gasteiger partial charge in [-0.1, -0.05) is 44.2 Å². The molecular formula is C18H27ClN4O2. The standard InChI is InChI=1S/C18H27ClN4O2/c1-3-4-12-23-16(19)14(13(2)22-23)8-9-15(24)21-18(17(20)25)10-6-5-7-11-18/h8-9H,3-7,10-12H2,1-2H3,(H2,20,25)(H,21,24)/b9-8+. The Labute approximate surface area is 153 Å². The summed E-state index contributed by atoms with van der Waals surface area (Å²) in [6.07, 6.45) is 9.13. The first-order valence-electron chi connectivity index (χ1n) is 8.92. The second kappa shape index (κ2) is 8.52. The van der Waals surface area contributed by atoms with Gasteiger partial charge in [0.2, 0.25) is 11.8 Å². The lowest BCUT2D eigenvalue weighted by Crippen LogP contribution is -2.58. The Morgan fingerprint density at radius 2 is 2.04 bits per heavy atom. The number of unbranched alkanes of at least 4 members (excludes halogenated alkanes) is 1. The van der Waals surface area contributed by atoms with Crippen LogP contribution < -0.4 is 11.1 Å². The molecule has 2 rings (SSSR count). The Bertz CT molecular complexity index is 660. The molecule has 0 aliphatic heterocycles. The van der Waals surface area contributed by atoms with E-state index in [2.05, 4.69) is 17.3 Å². The van der Waals surface area contributed by atoms with Crippen molar-refractivity contribution in [3.8, 4) is 0 Å². The lowest BCUT2D eigenvalue weighted by molar-refractivity contribution is -0.130. The maximum atomic E-state index is 12.3. The number of nitrogens with zero attached hydrogens (tertiary/aromatic N) is 2. The van der Waals surface area contributed by atoms with Crippen LogP contribution in [0.5, 0.6) is 0 Å². The topological polar surface area (TPSA) is 90.0 Å². The van der Waals surface area contributed by atoms with Gasteiger partial charge in [0.05, 0.1) is 5.69 Å². The minimum absolute atomic E-state index is 0.336. The minimum Gasteiger partial charge on any atom is -0.368 e. The van der Waals surface area contributed by atoms with Crippen molar-refractivity contribution < 1.29 is 9.59 Å². The Balaban J connectivity index is 2.09. The summed E-state index contributed by atoms with van der Waals surface area (Å²) in [5, 5.41) is 7.75. The van der Waals surface area contributed by atoms with Crippen molar-refractivity contribution >= 4 is 29.5 Å². The first kappa shape index (κ1) is 19.5. The summed E-state index contributed by atoms with van der Waals surface area (Å²) >= 11 is 6.36. The molecule has 1 aliphatic rings. The van der Waals surface area contributed by atoms with Crippen molar-refractivity contribution in [3.63, 3.8) is 0 Å². The molecule has 1 aliphatic carbocycles. The molecule has 6 nitrogen and oxygen atoms in total. The average Bonchev–Trinajstić information content (AvgIpc) is 2.85. The second-order valence-corrected chi connectivity index (χ2v) is 7.05. The van der Waals surface area contributed by atoms with Gasteiger partial charge in [-0.2, -0.15) is 5.10 Å². The fourth-order valence-corrected chi connectivity index (χ4v) is 3.56. The van der Waals surface area contributed by atoms with Crippen molar-refractivity contribution in [1.82, 2.24) is 15.1 Å². The van der Waals surface area contributed by atoms with Crippen molar-refractivity contribution in [2.45, 2.75) is 70.9 Å². The summed E-state index contributed by atoms with van der Waals surface area (Å²) < 4.78 is 1.75. The van der Waals surface area contributed by atoms with Gasteiger partial charge in [0.15, 0.2) is 0 Å². The van der Waals surface area contributed by atoms with E-state index in [0.29, 0.717) is 18.0 Å². The van der Waals surface area contributed by atoms with Crippen LogP contribution in [0.25, 0.3) is 6.08 Å². The van der Waals surface area contributed by atoms with E-state index in [0.717, 1.165) is 49.9 Å². The average molecular weight is 367 g/mol. The molecular weight excluding hydrogens is 340 g/mol. The summed E-state index contributed by atoms with van der Waals surface area (Å²) in [4.78, 5) is 24.2. The first-order chi connectivity index (χ1) is 11.9. The van der Waals surface area contributed by atoms with Crippen LogP contribution in [-0.4, -0.2) is 27.1 Å². The molecule has 25 heavy (non-hydrogen) atoms. The third-order valence-corrected chi connectivity index (χ3v) is 5.17. The molecule has 0 spiro atoms. The molecule has 0 unspecified atom stereocenters. The van der Waals surface area contributed by atoms with Gasteiger partial charge in [0.1, 0.15) is 10.7 Å². The zero-order valence-corrected chi connectivity index (χ0v) is 15.7. The fourth-order valence-electron chi connectivity index (χ4n) is 3.24. The number of primary amides is 1. The van der Waals surface area contributed by atoms with E-state index < -0.39 is 11.4 Å². The highest BCUT2D eigenvalue weighted by atomic mass is 35.5. The molecule has 0 atom stereocenters. The highest BCUT2D eigenvalue weighted by Gasteiger charge is 2.38. The van der Waals surface area contributed by atoms with E-state index in [4.69, 9.17) is 17.3 Å². The number of rotatable bonds is 7. The van der Waals surface area contributed by atoms with Crippen LogP contribution in [0.4, 0.5) is 0 Å². The predicted molar refractivity (Wildman–Crippen MR) is 99.1 cm³/mol. The first-order valence-corrected chi connectivity index (χ1v) is 9.30. The third kappa shape index (κ3) is 4.63. The number of carbonyl (C=O) groups excluding carboxylic acids is 2. The Hall–Kier alpha value is -1.82. The number of nitrogens with two attached hydrogens (primary N) is 1. The van der Waals surface area contributed by atoms with Crippen molar-refractivity contribution in [2.75, 3.05) is 0 Å². The second-order valence-electron chi connectivity index (χ2n) is 6.70. The van der Waals surface area contributed by atoms with Crippen LogP contribution in [0.1, 0.15) is 63.1 Å². The van der Waals surface area contributed by atoms with Crippen LogP contribution >= 0.6 is 11.6 Å². The molecule has 138 valence electrons. The molecule has 1 heterocycles. The van der Waals surface area contributed by atoms with Crippen molar-refractivity contribution in [2.24, 2.45) is 5.73 Å². The molecule has 0 bridgehead atoms. The van der Waals surface area contributed by atoms with Gasteiger partial charge < -0.3 is 11.1 Å². The quantitative estimate of drug-likeness (QED) is 0.727. The fraction of sp³-hybridized carbons (Fsp3) is 0.611. The lowest BCUT2D eigenvalue weighted by Gasteiger charge is -2.34. The van der Waals surface area contributed by atoms with Gasteiger partial charge in [-0.05, 0) is 32.3 Å². The smallest absolute Gasteiger partial charge is 0.244 e. The summed E-state index contributed by atoms with van der Waals surface area (Å²) in [6, 6.07) is 0. The molecule has 0 aromatic carbocycles. The van der Waals surface area contributed by atoms with Crippen LogP contribution in [0.15, 0.2) is 6.08 Å². The van der Waals surface area contributed by atoms with Crippen molar-refractivity contribution in [1.29, 1.82) is 0 Å². The number of carbonyl (C=O) groups is 2. The molecule has 1 fully saturated rings.